The van der Waals surface area contributed by atoms with Crippen LogP contribution in [0.25, 0.3) is 0 Å². The molecule has 2 rings (SSSR count). The number of aromatic nitrogens is 1. The molecular formula is C15H27N3S. The summed E-state index contributed by atoms with van der Waals surface area (Å²) >= 11 is 1.88. The van der Waals surface area contributed by atoms with E-state index in [0.717, 1.165) is 13.1 Å². The third kappa shape index (κ3) is 3.48. The molecule has 0 bridgehead atoms. The number of hydrogen-bond donors (Lipinski definition) is 1. The maximum Gasteiger partial charge on any atom is 0.185 e. The fourth-order valence-electron chi connectivity index (χ4n) is 2.77. The van der Waals surface area contributed by atoms with Gasteiger partial charge >= 0.3 is 0 Å². The summed E-state index contributed by atoms with van der Waals surface area (Å²) in [5.74, 6) is 0.510. The van der Waals surface area contributed by atoms with Gasteiger partial charge in [-0.2, -0.15) is 0 Å². The Bertz CT molecular complexity index is 394. The van der Waals surface area contributed by atoms with Crippen LogP contribution in [0.15, 0.2) is 0 Å². The molecule has 1 aromatic heterocycles. The molecule has 0 saturated heterocycles. The maximum absolute atomic E-state index is 4.91. The van der Waals surface area contributed by atoms with Gasteiger partial charge in [-0.25, -0.2) is 4.98 Å². The number of anilines is 1. The highest BCUT2D eigenvalue weighted by Crippen LogP contribution is 2.34. The zero-order chi connectivity index (χ0) is 13.8. The summed E-state index contributed by atoms with van der Waals surface area (Å²) in [6.07, 6.45) is 5.41. The quantitative estimate of drug-likeness (QED) is 0.860. The molecule has 1 N–H and O–H groups in total. The molecule has 0 radical (unpaired) electrons. The van der Waals surface area contributed by atoms with Crippen LogP contribution >= 0.6 is 11.3 Å². The lowest BCUT2D eigenvalue weighted by atomic mass is 10.1. The van der Waals surface area contributed by atoms with Crippen LogP contribution in [0.3, 0.4) is 0 Å². The smallest absolute Gasteiger partial charge is 0.185 e. The SMILES string of the molecule is CCNCc1sc(N(C)C2CCCC2)nc1C(C)C. The molecule has 0 unspecified atom stereocenters. The number of rotatable bonds is 6. The highest BCUT2D eigenvalue weighted by atomic mass is 32.1. The van der Waals surface area contributed by atoms with Crippen molar-refractivity contribution in [2.24, 2.45) is 0 Å². The third-order valence-electron chi connectivity index (χ3n) is 3.97. The summed E-state index contributed by atoms with van der Waals surface area (Å²) in [7, 11) is 2.22. The summed E-state index contributed by atoms with van der Waals surface area (Å²) < 4.78 is 0. The van der Waals surface area contributed by atoms with Crippen molar-refractivity contribution in [3.8, 4) is 0 Å². The molecule has 3 nitrogen and oxygen atoms in total. The molecule has 108 valence electrons. The molecule has 1 heterocycles. The Morgan fingerprint density at radius 1 is 1.37 bits per heavy atom. The highest BCUT2D eigenvalue weighted by Gasteiger charge is 2.23. The number of nitrogens with one attached hydrogen (secondary N) is 1. The normalized spacial score (nSPS) is 16.5. The number of thiazole rings is 1. The van der Waals surface area contributed by atoms with Crippen molar-refractivity contribution >= 4 is 16.5 Å². The van der Waals surface area contributed by atoms with Gasteiger partial charge in [-0.15, -0.1) is 11.3 Å². The standard InChI is InChI=1S/C15H27N3S/c1-5-16-10-13-14(11(2)3)17-15(19-13)18(4)12-8-6-7-9-12/h11-12,16H,5-10H2,1-4H3. The molecule has 0 amide bonds. The third-order valence-corrected chi connectivity index (χ3v) is 5.13. The topological polar surface area (TPSA) is 28.2 Å². The van der Waals surface area contributed by atoms with Crippen molar-refractivity contribution in [2.45, 2.75) is 65.0 Å². The van der Waals surface area contributed by atoms with E-state index in [1.807, 2.05) is 11.3 Å². The molecule has 1 fully saturated rings. The molecule has 0 spiro atoms. The first-order chi connectivity index (χ1) is 9.13. The minimum atomic E-state index is 0.510. The van der Waals surface area contributed by atoms with Crippen LogP contribution in [0, 0.1) is 0 Å². The summed E-state index contributed by atoms with van der Waals surface area (Å²) in [5, 5.41) is 4.65. The van der Waals surface area contributed by atoms with Gasteiger partial charge in [0.2, 0.25) is 0 Å². The zero-order valence-corrected chi connectivity index (χ0v) is 13.5. The summed E-state index contributed by atoms with van der Waals surface area (Å²) in [5.41, 5.74) is 1.28. The van der Waals surface area contributed by atoms with Crippen molar-refractivity contribution in [3.05, 3.63) is 10.6 Å². The highest BCUT2D eigenvalue weighted by molar-refractivity contribution is 7.15. The van der Waals surface area contributed by atoms with Crippen molar-refractivity contribution in [2.75, 3.05) is 18.5 Å². The van der Waals surface area contributed by atoms with Crippen molar-refractivity contribution in [1.82, 2.24) is 10.3 Å². The summed E-state index contributed by atoms with van der Waals surface area (Å²) in [6.45, 7) is 8.61. The second-order valence-electron chi connectivity index (χ2n) is 5.79. The molecule has 4 heteroatoms. The van der Waals surface area contributed by atoms with Crippen LogP contribution in [0.4, 0.5) is 5.13 Å². The van der Waals surface area contributed by atoms with E-state index in [1.54, 1.807) is 0 Å². The van der Waals surface area contributed by atoms with E-state index in [1.165, 1.54) is 41.4 Å². The molecule has 1 aliphatic rings. The molecule has 19 heavy (non-hydrogen) atoms. The molecular weight excluding hydrogens is 254 g/mol. The van der Waals surface area contributed by atoms with Crippen molar-refractivity contribution in [3.63, 3.8) is 0 Å². The predicted octanol–water partition coefficient (Wildman–Crippen LogP) is 3.75. The van der Waals surface area contributed by atoms with Gasteiger partial charge in [-0.3, -0.25) is 0 Å². The van der Waals surface area contributed by atoms with Crippen LogP contribution in [0.1, 0.15) is 62.9 Å². The van der Waals surface area contributed by atoms with Gasteiger partial charge in [0, 0.05) is 24.5 Å². The number of nitrogens with zero attached hydrogens (tertiary/aromatic N) is 2. The molecule has 0 atom stereocenters. The molecule has 0 aromatic carbocycles. The van der Waals surface area contributed by atoms with E-state index in [2.05, 4.69) is 38.0 Å². The fourth-order valence-corrected chi connectivity index (χ4v) is 3.98. The summed E-state index contributed by atoms with van der Waals surface area (Å²) in [4.78, 5) is 8.74. The van der Waals surface area contributed by atoms with Gasteiger partial charge in [0.1, 0.15) is 0 Å². The Labute approximate surface area is 121 Å². The van der Waals surface area contributed by atoms with Crippen LogP contribution in [0.5, 0.6) is 0 Å². The van der Waals surface area contributed by atoms with Crippen LogP contribution in [0.2, 0.25) is 0 Å². The Balaban J connectivity index is 2.15. The minimum absolute atomic E-state index is 0.510. The van der Waals surface area contributed by atoms with Crippen LogP contribution in [-0.2, 0) is 6.54 Å². The van der Waals surface area contributed by atoms with Crippen molar-refractivity contribution < 1.29 is 0 Å². The van der Waals surface area contributed by atoms with Gasteiger partial charge in [0.05, 0.1) is 5.69 Å². The lowest BCUT2D eigenvalue weighted by Gasteiger charge is -2.23. The molecule has 0 aliphatic heterocycles. The fraction of sp³-hybridized carbons (Fsp3) is 0.800. The van der Waals surface area contributed by atoms with E-state index in [-0.39, 0.29) is 0 Å². The predicted molar refractivity (Wildman–Crippen MR) is 84.2 cm³/mol. The molecule has 1 saturated carbocycles. The van der Waals surface area contributed by atoms with E-state index < -0.39 is 0 Å². The summed E-state index contributed by atoms with van der Waals surface area (Å²) in [6, 6.07) is 0.707. The van der Waals surface area contributed by atoms with Crippen molar-refractivity contribution in [1.29, 1.82) is 0 Å². The lowest BCUT2D eigenvalue weighted by Crippen LogP contribution is -2.28. The second-order valence-corrected chi connectivity index (χ2v) is 6.85. The maximum atomic E-state index is 4.91. The Morgan fingerprint density at radius 2 is 2.05 bits per heavy atom. The molecule has 1 aliphatic carbocycles. The van der Waals surface area contributed by atoms with Crippen LogP contribution in [-0.4, -0.2) is 24.6 Å². The van der Waals surface area contributed by atoms with Gasteiger partial charge in [-0.1, -0.05) is 33.6 Å². The van der Waals surface area contributed by atoms with Crippen LogP contribution < -0.4 is 10.2 Å². The largest absolute Gasteiger partial charge is 0.348 e. The minimum Gasteiger partial charge on any atom is -0.348 e. The Morgan fingerprint density at radius 3 is 2.63 bits per heavy atom. The first kappa shape index (κ1) is 14.8. The monoisotopic (exact) mass is 281 g/mol. The first-order valence-corrected chi connectivity index (χ1v) is 8.38. The zero-order valence-electron chi connectivity index (χ0n) is 12.7. The van der Waals surface area contributed by atoms with Gasteiger partial charge < -0.3 is 10.2 Å². The van der Waals surface area contributed by atoms with E-state index >= 15 is 0 Å². The Kier molecular flexibility index (Phi) is 5.22. The molecule has 1 aromatic rings. The van der Waals surface area contributed by atoms with E-state index in [9.17, 15) is 0 Å². The van der Waals surface area contributed by atoms with Gasteiger partial charge in [0.15, 0.2) is 5.13 Å². The van der Waals surface area contributed by atoms with E-state index in [4.69, 9.17) is 4.98 Å². The Hall–Kier alpha value is -0.610. The first-order valence-electron chi connectivity index (χ1n) is 7.56. The van der Waals surface area contributed by atoms with E-state index in [0.29, 0.717) is 12.0 Å². The van der Waals surface area contributed by atoms with Gasteiger partial charge in [-0.05, 0) is 25.3 Å². The average Bonchev–Trinajstić information content (AvgIpc) is 3.04. The second kappa shape index (κ2) is 6.71. The average molecular weight is 281 g/mol. The lowest BCUT2D eigenvalue weighted by molar-refractivity contribution is 0.649. The number of hydrogen-bond acceptors (Lipinski definition) is 4. The van der Waals surface area contributed by atoms with Gasteiger partial charge in [0.25, 0.3) is 0 Å².